The molecule has 17 heavy (non-hydrogen) atoms. The van der Waals surface area contributed by atoms with Crippen LogP contribution in [-0.4, -0.2) is 29.0 Å². The number of anilines is 1. The van der Waals surface area contributed by atoms with E-state index in [-0.39, 0.29) is 27.8 Å². The molecule has 92 valence electrons. The van der Waals surface area contributed by atoms with Crippen molar-refractivity contribution in [1.82, 2.24) is 15.3 Å². The van der Waals surface area contributed by atoms with Crippen LogP contribution < -0.4 is 10.6 Å². The van der Waals surface area contributed by atoms with Crippen LogP contribution in [0.15, 0.2) is 6.33 Å². The fourth-order valence-corrected chi connectivity index (χ4v) is 2.01. The smallest absolute Gasteiger partial charge is 0.229 e. The van der Waals surface area contributed by atoms with E-state index in [0.29, 0.717) is 6.54 Å². The molecule has 0 saturated carbocycles. The Morgan fingerprint density at radius 3 is 3.00 bits per heavy atom. The summed E-state index contributed by atoms with van der Waals surface area (Å²) in [6.45, 7) is 1.64. The molecular formula is C10H12Cl2N4O. The lowest BCUT2D eigenvalue weighted by molar-refractivity contribution is -0.120. The number of carbonyl (C=O) groups is 1. The van der Waals surface area contributed by atoms with Gasteiger partial charge in [-0.15, -0.1) is 0 Å². The fourth-order valence-electron chi connectivity index (χ4n) is 1.73. The molecule has 2 rings (SSSR count). The van der Waals surface area contributed by atoms with Gasteiger partial charge >= 0.3 is 0 Å². The molecule has 2 heterocycles. The predicted octanol–water partition coefficient (Wildman–Crippen LogP) is 1.72. The monoisotopic (exact) mass is 274 g/mol. The Labute approximate surface area is 109 Å². The first-order chi connectivity index (χ1) is 8.18. The number of halogens is 2. The van der Waals surface area contributed by atoms with Gasteiger partial charge in [-0.2, -0.15) is 0 Å². The summed E-state index contributed by atoms with van der Waals surface area (Å²) >= 11 is 11.6. The number of hydrogen-bond donors (Lipinski definition) is 2. The molecule has 1 aromatic rings. The molecule has 7 heteroatoms. The van der Waals surface area contributed by atoms with Gasteiger partial charge in [0.25, 0.3) is 0 Å². The van der Waals surface area contributed by atoms with E-state index >= 15 is 0 Å². The second-order valence-corrected chi connectivity index (χ2v) is 4.60. The Balaban J connectivity index is 2.04. The quantitative estimate of drug-likeness (QED) is 0.806. The lowest BCUT2D eigenvalue weighted by Crippen LogP contribution is -2.37. The highest BCUT2D eigenvalue weighted by Gasteiger charge is 2.22. The summed E-state index contributed by atoms with van der Waals surface area (Å²) < 4.78 is 0. The van der Waals surface area contributed by atoms with Crippen molar-refractivity contribution in [3.63, 3.8) is 0 Å². The molecule has 1 aliphatic rings. The van der Waals surface area contributed by atoms with Gasteiger partial charge in [0.1, 0.15) is 11.3 Å². The molecule has 0 aliphatic carbocycles. The normalized spacial score (nSPS) is 20.0. The molecule has 2 N–H and O–H groups in total. The first kappa shape index (κ1) is 12.5. The molecule has 5 nitrogen and oxygen atoms in total. The maximum Gasteiger partial charge on any atom is 0.229 e. The third-order valence-corrected chi connectivity index (χ3v) is 3.40. The highest BCUT2D eigenvalue weighted by Crippen LogP contribution is 2.26. The van der Waals surface area contributed by atoms with Crippen LogP contribution in [0.1, 0.15) is 12.8 Å². The van der Waals surface area contributed by atoms with Gasteiger partial charge < -0.3 is 10.6 Å². The first-order valence-electron chi connectivity index (χ1n) is 5.36. The third kappa shape index (κ3) is 3.06. The van der Waals surface area contributed by atoms with Crippen molar-refractivity contribution in [3.8, 4) is 0 Å². The number of carbonyl (C=O) groups excluding carboxylic acids is 1. The molecule has 1 amide bonds. The highest BCUT2D eigenvalue weighted by molar-refractivity contribution is 6.42. The second-order valence-electron chi connectivity index (χ2n) is 3.86. The Bertz CT molecular complexity index is 421. The Kier molecular flexibility index (Phi) is 4.15. The van der Waals surface area contributed by atoms with Crippen LogP contribution in [0.2, 0.25) is 10.2 Å². The van der Waals surface area contributed by atoms with Gasteiger partial charge in [-0.1, -0.05) is 23.2 Å². The molecule has 0 radical (unpaired) electrons. The maximum atomic E-state index is 11.9. The Morgan fingerprint density at radius 2 is 2.29 bits per heavy atom. The van der Waals surface area contributed by atoms with Crippen LogP contribution in [0.5, 0.6) is 0 Å². The average molecular weight is 275 g/mol. The zero-order valence-electron chi connectivity index (χ0n) is 9.04. The van der Waals surface area contributed by atoms with Gasteiger partial charge in [0.15, 0.2) is 11.0 Å². The van der Waals surface area contributed by atoms with E-state index in [2.05, 4.69) is 20.6 Å². The number of nitrogens with one attached hydrogen (secondary N) is 2. The lowest BCUT2D eigenvalue weighted by Gasteiger charge is -2.21. The summed E-state index contributed by atoms with van der Waals surface area (Å²) in [7, 11) is 0. The van der Waals surface area contributed by atoms with Crippen molar-refractivity contribution in [2.45, 2.75) is 12.8 Å². The molecule has 1 fully saturated rings. The molecule has 1 atom stereocenters. The van der Waals surface area contributed by atoms with E-state index in [1.165, 1.54) is 6.33 Å². The van der Waals surface area contributed by atoms with Crippen molar-refractivity contribution in [3.05, 3.63) is 16.5 Å². The molecule has 0 bridgehead atoms. The molecule has 0 spiro atoms. The van der Waals surface area contributed by atoms with Crippen LogP contribution in [0.3, 0.4) is 0 Å². The van der Waals surface area contributed by atoms with Gasteiger partial charge in [-0.25, -0.2) is 9.97 Å². The maximum absolute atomic E-state index is 11.9. The number of aromatic nitrogens is 2. The molecule has 1 unspecified atom stereocenters. The third-order valence-electron chi connectivity index (χ3n) is 2.66. The molecule has 1 aromatic heterocycles. The van der Waals surface area contributed by atoms with Gasteiger partial charge in [0.2, 0.25) is 5.91 Å². The van der Waals surface area contributed by atoms with Gasteiger partial charge in [0.05, 0.1) is 5.92 Å². The Hall–Kier alpha value is -0.910. The number of piperidine rings is 1. The minimum absolute atomic E-state index is 0.0476. The van der Waals surface area contributed by atoms with E-state index in [1.54, 1.807) is 0 Å². The predicted molar refractivity (Wildman–Crippen MR) is 66.3 cm³/mol. The van der Waals surface area contributed by atoms with Crippen LogP contribution in [0.4, 0.5) is 5.82 Å². The van der Waals surface area contributed by atoms with Crippen molar-refractivity contribution in [1.29, 1.82) is 0 Å². The SMILES string of the molecule is O=C(Nc1ncnc(Cl)c1Cl)C1CCCNC1. The summed E-state index contributed by atoms with van der Waals surface area (Å²) in [4.78, 5) is 19.5. The van der Waals surface area contributed by atoms with Crippen molar-refractivity contribution in [2.24, 2.45) is 5.92 Å². The van der Waals surface area contributed by atoms with E-state index < -0.39 is 0 Å². The zero-order chi connectivity index (χ0) is 12.3. The molecule has 0 aromatic carbocycles. The summed E-state index contributed by atoms with van der Waals surface area (Å²) in [5, 5.41) is 6.16. The second kappa shape index (κ2) is 5.62. The summed E-state index contributed by atoms with van der Waals surface area (Å²) in [6.07, 6.45) is 3.13. The minimum atomic E-state index is -0.0890. The van der Waals surface area contributed by atoms with Crippen molar-refractivity contribution in [2.75, 3.05) is 18.4 Å². The van der Waals surface area contributed by atoms with Crippen LogP contribution in [0.25, 0.3) is 0 Å². The number of amides is 1. The molecule has 1 aliphatic heterocycles. The standard InChI is InChI=1S/C10H12Cl2N4O/c11-7-8(12)14-5-15-9(7)16-10(17)6-2-1-3-13-4-6/h5-6,13H,1-4H2,(H,14,15,16,17). The van der Waals surface area contributed by atoms with E-state index in [0.717, 1.165) is 19.4 Å². The lowest BCUT2D eigenvalue weighted by atomic mass is 9.99. The number of hydrogen-bond acceptors (Lipinski definition) is 4. The fraction of sp³-hybridized carbons (Fsp3) is 0.500. The molecular weight excluding hydrogens is 263 g/mol. The van der Waals surface area contributed by atoms with E-state index in [9.17, 15) is 4.79 Å². The van der Waals surface area contributed by atoms with Gasteiger partial charge in [-0.3, -0.25) is 4.79 Å². The summed E-state index contributed by atoms with van der Waals surface area (Å²) in [5.41, 5.74) is 0. The summed E-state index contributed by atoms with van der Waals surface area (Å²) in [6, 6.07) is 0. The topological polar surface area (TPSA) is 66.9 Å². The number of rotatable bonds is 2. The van der Waals surface area contributed by atoms with Crippen LogP contribution in [0, 0.1) is 5.92 Å². The minimum Gasteiger partial charge on any atom is -0.316 e. The largest absolute Gasteiger partial charge is 0.316 e. The van der Waals surface area contributed by atoms with Crippen molar-refractivity contribution < 1.29 is 4.79 Å². The number of nitrogens with zero attached hydrogens (tertiary/aromatic N) is 2. The van der Waals surface area contributed by atoms with Crippen LogP contribution in [-0.2, 0) is 4.79 Å². The van der Waals surface area contributed by atoms with Crippen molar-refractivity contribution >= 4 is 34.9 Å². The summed E-state index contributed by atoms with van der Waals surface area (Å²) in [5.74, 6) is 0.129. The van der Waals surface area contributed by atoms with E-state index in [1.807, 2.05) is 0 Å². The Morgan fingerprint density at radius 1 is 1.47 bits per heavy atom. The van der Waals surface area contributed by atoms with Gasteiger partial charge in [0, 0.05) is 6.54 Å². The highest BCUT2D eigenvalue weighted by atomic mass is 35.5. The van der Waals surface area contributed by atoms with Gasteiger partial charge in [-0.05, 0) is 19.4 Å². The molecule has 1 saturated heterocycles. The van der Waals surface area contributed by atoms with Crippen LogP contribution >= 0.6 is 23.2 Å². The zero-order valence-corrected chi connectivity index (χ0v) is 10.6. The average Bonchev–Trinajstić information content (AvgIpc) is 2.36. The van der Waals surface area contributed by atoms with E-state index in [4.69, 9.17) is 23.2 Å². The first-order valence-corrected chi connectivity index (χ1v) is 6.11.